The average Bonchev–Trinajstić information content (AvgIpc) is 2.80. The van der Waals surface area contributed by atoms with Crippen LogP contribution in [-0.2, 0) is 0 Å². The molecule has 1 fully saturated rings. The van der Waals surface area contributed by atoms with Gasteiger partial charge in [0.25, 0.3) is 0 Å². The van der Waals surface area contributed by atoms with E-state index in [2.05, 4.69) is 129 Å². The fourth-order valence-corrected chi connectivity index (χ4v) is 4.52. The largest absolute Gasteiger partial charge is 0.279 e. The summed E-state index contributed by atoms with van der Waals surface area (Å²) in [6.45, 7) is 0. The van der Waals surface area contributed by atoms with Gasteiger partial charge in [-0.3, -0.25) is 16.0 Å². The summed E-state index contributed by atoms with van der Waals surface area (Å²) in [6.07, 6.45) is 0.0785. The van der Waals surface area contributed by atoms with E-state index in [-0.39, 0.29) is 18.5 Å². The fourth-order valence-electron chi connectivity index (χ4n) is 4.04. The third-order valence-corrected chi connectivity index (χ3v) is 6.17. The maximum absolute atomic E-state index is 3.76. The van der Waals surface area contributed by atoms with Crippen LogP contribution in [0.15, 0.2) is 102 Å². The SMILES string of the molecule is Brc1ccc(C2NC(c3ccccc3)NC(c3ccccc3)N2)c2ccccc12. The van der Waals surface area contributed by atoms with Crippen LogP contribution in [0.4, 0.5) is 0 Å². The van der Waals surface area contributed by atoms with Crippen molar-refractivity contribution < 1.29 is 0 Å². The van der Waals surface area contributed by atoms with E-state index in [4.69, 9.17) is 0 Å². The van der Waals surface area contributed by atoms with Crippen LogP contribution >= 0.6 is 15.9 Å². The summed E-state index contributed by atoms with van der Waals surface area (Å²) in [5.41, 5.74) is 3.69. The summed E-state index contributed by atoms with van der Waals surface area (Å²) in [4.78, 5) is 0. The second-order valence-electron chi connectivity index (χ2n) is 7.30. The molecule has 0 radical (unpaired) electrons. The highest BCUT2D eigenvalue weighted by Gasteiger charge is 2.30. The predicted octanol–water partition coefficient (Wildman–Crippen LogP) is 5.78. The molecule has 2 atom stereocenters. The molecule has 4 aromatic rings. The van der Waals surface area contributed by atoms with Gasteiger partial charge >= 0.3 is 0 Å². The lowest BCUT2D eigenvalue weighted by Gasteiger charge is -2.40. The molecule has 2 unspecified atom stereocenters. The van der Waals surface area contributed by atoms with Crippen molar-refractivity contribution in [2.75, 3.05) is 0 Å². The lowest BCUT2D eigenvalue weighted by atomic mass is 9.99. The second kappa shape index (κ2) is 8.09. The molecule has 0 spiro atoms. The molecule has 3 N–H and O–H groups in total. The molecule has 5 rings (SSSR count). The third-order valence-electron chi connectivity index (χ3n) is 5.48. The summed E-state index contributed by atoms with van der Waals surface area (Å²) < 4.78 is 1.12. The number of hydrogen-bond acceptors (Lipinski definition) is 3. The number of halogens is 1. The summed E-state index contributed by atoms with van der Waals surface area (Å²) in [5.74, 6) is 0. The van der Waals surface area contributed by atoms with Crippen molar-refractivity contribution >= 4 is 26.7 Å². The summed E-state index contributed by atoms with van der Waals surface area (Å²) in [7, 11) is 0. The van der Waals surface area contributed by atoms with E-state index in [0.717, 1.165) is 4.47 Å². The Labute approximate surface area is 179 Å². The summed E-state index contributed by atoms with van der Waals surface area (Å²) >= 11 is 3.70. The molecular formula is C25H22BrN3. The topological polar surface area (TPSA) is 36.1 Å². The smallest absolute Gasteiger partial charge is 0.0870 e. The van der Waals surface area contributed by atoms with E-state index in [0.29, 0.717) is 0 Å². The molecule has 0 bridgehead atoms. The van der Waals surface area contributed by atoms with Crippen LogP contribution < -0.4 is 16.0 Å². The molecule has 3 nitrogen and oxygen atoms in total. The first-order valence-corrected chi connectivity index (χ1v) is 10.6. The molecule has 144 valence electrons. The van der Waals surface area contributed by atoms with E-state index < -0.39 is 0 Å². The quantitative estimate of drug-likeness (QED) is 0.375. The van der Waals surface area contributed by atoms with Crippen LogP contribution in [0, 0.1) is 0 Å². The summed E-state index contributed by atoms with van der Waals surface area (Å²) in [6, 6.07) is 34.0. The van der Waals surface area contributed by atoms with Gasteiger partial charge in [0, 0.05) is 4.47 Å². The van der Waals surface area contributed by atoms with Gasteiger partial charge in [-0.25, -0.2) is 0 Å². The van der Waals surface area contributed by atoms with Crippen molar-refractivity contribution in [3.8, 4) is 0 Å². The Balaban J connectivity index is 1.58. The molecule has 1 aliphatic heterocycles. The maximum atomic E-state index is 3.76. The van der Waals surface area contributed by atoms with E-state index in [1.807, 2.05) is 0 Å². The zero-order valence-corrected chi connectivity index (χ0v) is 17.4. The number of benzene rings is 4. The first-order valence-electron chi connectivity index (χ1n) is 9.85. The summed E-state index contributed by atoms with van der Waals surface area (Å²) in [5, 5.41) is 13.7. The Kier molecular flexibility index (Phi) is 5.17. The lowest BCUT2D eigenvalue weighted by Crippen LogP contribution is -2.54. The molecule has 4 heteroatoms. The van der Waals surface area contributed by atoms with Crippen LogP contribution in [0.1, 0.15) is 35.2 Å². The second-order valence-corrected chi connectivity index (χ2v) is 8.16. The first-order chi connectivity index (χ1) is 14.3. The Hall–Kier alpha value is -2.50. The van der Waals surface area contributed by atoms with Crippen molar-refractivity contribution in [1.29, 1.82) is 0 Å². The molecule has 4 aromatic carbocycles. The predicted molar refractivity (Wildman–Crippen MR) is 122 cm³/mol. The zero-order chi connectivity index (χ0) is 19.6. The van der Waals surface area contributed by atoms with Crippen molar-refractivity contribution in [1.82, 2.24) is 16.0 Å². The minimum Gasteiger partial charge on any atom is -0.279 e. The zero-order valence-electron chi connectivity index (χ0n) is 15.8. The van der Waals surface area contributed by atoms with Gasteiger partial charge in [0.15, 0.2) is 0 Å². The van der Waals surface area contributed by atoms with Gasteiger partial charge in [-0.05, 0) is 33.5 Å². The van der Waals surface area contributed by atoms with E-state index in [1.54, 1.807) is 0 Å². The highest BCUT2D eigenvalue weighted by molar-refractivity contribution is 9.10. The maximum Gasteiger partial charge on any atom is 0.0870 e. The van der Waals surface area contributed by atoms with Gasteiger partial charge in [0.1, 0.15) is 0 Å². The average molecular weight is 444 g/mol. The minimum atomic E-state index is 0.00432. The molecule has 0 aliphatic carbocycles. The number of fused-ring (bicyclic) bond motifs is 1. The Morgan fingerprint density at radius 2 is 0.966 bits per heavy atom. The van der Waals surface area contributed by atoms with Crippen LogP contribution in [0.3, 0.4) is 0 Å². The standard InChI is InChI=1S/C25H22BrN3/c26-22-16-15-21(19-13-7-8-14-20(19)22)25-28-23(17-9-3-1-4-10-17)27-24(29-25)18-11-5-2-6-12-18/h1-16,23-25,27-29H. The van der Waals surface area contributed by atoms with Gasteiger partial charge in [-0.15, -0.1) is 0 Å². The van der Waals surface area contributed by atoms with Crippen LogP contribution in [0.2, 0.25) is 0 Å². The Morgan fingerprint density at radius 3 is 1.55 bits per heavy atom. The van der Waals surface area contributed by atoms with Gasteiger partial charge < -0.3 is 0 Å². The normalized spacial score (nSPS) is 21.9. The van der Waals surface area contributed by atoms with Crippen molar-refractivity contribution in [2.45, 2.75) is 18.5 Å². The fraction of sp³-hybridized carbons (Fsp3) is 0.120. The van der Waals surface area contributed by atoms with Crippen LogP contribution in [0.25, 0.3) is 10.8 Å². The molecular weight excluding hydrogens is 422 g/mol. The van der Waals surface area contributed by atoms with Crippen molar-refractivity contribution in [3.63, 3.8) is 0 Å². The number of nitrogens with one attached hydrogen (secondary N) is 3. The van der Waals surface area contributed by atoms with E-state index in [9.17, 15) is 0 Å². The minimum absolute atomic E-state index is 0.00432. The van der Waals surface area contributed by atoms with Gasteiger partial charge in [0.05, 0.1) is 18.5 Å². The molecule has 0 amide bonds. The van der Waals surface area contributed by atoms with E-state index in [1.165, 1.54) is 27.5 Å². The van der Waals surface area contributed by atoms with Gasteiger partial charge in [-0.2, -0.15) is 0 Å². The Bertz CT molecular complexity index is 1070. The van der Waals surface area contributed by atoms with Gasteiger partial charge in [0.2, 0.25) is 0 Å². The molecule has 1 aliphatic rings. The first kappa shape index (κ1) is 18.5. The highest BCUT2D eigenvalue weighted by atomic mass is 79.9. The number of rotatable bonds is 3. The van der Waals surface area contributed by atoms with Gasteiger partial charge in [-0.1, -0.05) is 107 Å². The van der Waals surface area contributed by atoms with Crippen molar-refractivity contribution in [3.05, 3.63) is 118 Å². The Morgan fingerprint density at radius 1 is 0.483 bits per heavy atom. The molecule has 0 saturated carbocycles. The van der Waals surface area contributed by atoms with E-state index >= 15 is 0 Å². The van der Waals surface area contributed by atoms with Crippen LogP contribution in [0.5, 0.6) is 0 Å². The monoisotopic (exact) mass is 443 g/mol. The van der Waals surface area contributed by atoms with Crippen LogP contribution in [-0.4, -0.2) is 0 Å². The molecule has 1 saturated heterocycles. The van der Waals surface area contributed by atoms with Crippen molar-refractivity contribution in [2.24, 2.45) is 0 Å². The molecule has 29 heavy (non-hydrogen) atoms. The highest BCUT2D eigenvalue weighted by Crippen LogP contribution is 2.33. The lowest BCUT2D eigenvalue weighted by molar-refractivity contribution is 0.204. The third kappa shape index (κ3) is 3.72. The molecule has 0 aromatic heterocycles. The molecule has 1 heterocycles. The number of hydrogen-bond donors (Lipinski definition) is 3.